The van der Waals surface area contributed by atoms with Gasteiger partial charge in [-0.25, -0.2) is 4.39 Å². The van der Waals surface area contributed by atoms with Gasteiger partial charge in [0.1, 0.15) is 17.3 Å². The Kier molecular flexibility index (Phi) is 5.75. The van der Waals surface area contributed by atoms with Crippen LogP contribution in [-0.4, -0.2) is 30.8 Å². The Bertz CT molecular complexity index is 1130. The molecule has 0 atom stereocenters. The van der Waals surface area contributed by atoms with E-state index in [1.54, 1.807) is 18.2 Å². The summed E-state index contributed by atoms with van der Waals surface area (Å²) in [7, 11) is 0. The second-order valence-corrected chi connectivity index (χ2v) is 6.89. The van der Waals surface area contributed by atoms with E-state index in [-0.39, 0.29) is 37.0 Å². The van der Waals surface area contributed by atoms with Crippen molar-refractivity contribution in [1.82, 2.24) is 0 Å². The number of carbonyl (C=O) groups excluding carboxylic acids is 3. The van der Waals surface area contributed by atoms with Crippen molar-refractivity contribution in [2.24, 2.45) is 0 Å². The van der Waals surface area contributed by atoms with Crippen molar-refractivity contribution >= 4 is 23.3 Å². The maximum Gasteiger partial charge on any atom is 0.312 e. The van der Waals surface area contributed by atoms with Crippen molar-refractivity contribution in [1.29, 1.82) is 0 Å². The molecule has 1 amide bonds. The van der Waals surface area contributed by atoms with Gasteiger partial charge in [-0.3, -0.25) is 14.4 Å². The Morgan fingerprint density at radius 2 is 1.58 bits per heavy atom. The highest BCUT2D eigenvalue weighted by Crippen LogP contribution is 2.31. The van der Waals surface area contributed by atoms with Crippen molar-refractivity contribution in [2.45, 2.75) is 6.42 Å². The second-order valence-electron chi connectivity index (χ2n) is 6.89. The summed E-state index contributed by atoms with van der Waals surface area (Å²) in [5.41, 5.74) is 1.37. The summed E-state index contributed by atoms with van der Waals surface area (Å²) in [6, 6.07) is 18.5. The first-order valence-corrected chi connectivity index (χ1v) is 9.64. The van der Waals surface area contributed by atoms with Gasteiger partial charge < -0.3 is 14.4 Å². The molecule has 0 N–H and O–H groups in total. The van der Waals surface area contributed by atoms with Gasteiger partial charge in [-0.1, -0.05) is 12.1 Å². The van der Waals surface area contributed by atoms with E-state index in [2.05, 4.69) is 0 Å². The van der Waals surface area contributed by atoms with Gasteiger partial charge in [-0.2, -0.15) is 0 Å². The fourth-order valence-electron chi connectivity index (χ4n) is 3.23. The summed E-state index contributed by atoms with van der Waals surface area (Å²) >= 11 is 0. The van der Waals surface area contributed by atoms with Gasteiger partial charge >= 0.3 is 5.97 Å². The first-order valence-electron chi connectivity index (χ1n) is 9.64. The molecule has 0 radical (unpaired) electrons. The summed E-state index contributed by atoms with van der Waals surface area (Å²) in [4.78, 5) is 38.3. The summed E-state index contributed by atoms with van der Waals surface area (Å²) in [5.74, 6) is -0.528. The minimum absolute atomic E-state index is 0.00364. The number of carbonyl (C=O) groups is 3. The molecule has 31 heavy (non-hydrogen) atoms. The van der Waals surface area contributed by atoms with E-state index in [0.29, 0.717) is 22.6 Å². The fourth-order valence-corrected chi connectivity index (χ4v) is 3.23. The van der Waals surface area contributed by atoms with Crippen LogP contribution in [0.15, 0.2) is 72.8 Å². The average Bonchev–Trinajstić information content (AvgIpc) is 2.79. The van der Waals surface area contributed by atoms with E-state index in [1.165, 1.54) is 53.4 Å². The topological polar surface area (TPSA) is 72.9 Å². The number of fused-ring (bicyclic) bond motifs is 1. The standard InChI is InChI=1S/C24H18FNO5/c25-18-9-5-16(6-10-18)24(29)17-7-11-19(12-8-17)31-23(28)13-14-26-20-3-1-2-4-21(20)30-15-22(26)27/h1-12H,13-15H2. The molecule has 0 fully saturated rings. The molecule has 0 saturated carbocycles. The van der Waals surface area contributed by atoms with E-state index in [0.717, 1.165) is 0 Å². The number of esters is 1. The van der Waals surface area contributed by atoms with E-state index < -0.39 is 11.8 Å². The zero-order chi connectivity index (χ0) is 21.8. The maximum atomic E-state index is 13.0. The fraction of sp³-hybridized carbons (Fsp3) is 0.125. The zero-order valence-corrected chi connectivity index (χ0v) is 16.4. The number of halogens is 1. The third kappa shape index (κ3) is 4.61. The molecule has 0 saturated heterocycles. The predicted molar refractivity (Wildman–Crippen MR) is 111 cm³/mol. The number of rotatable bonds is 6. The average molecular weight is 419 g/mol. The van der Waals surface area contributed by atoms with Crippen LogP contribution in [0.1, 0.15) is 22.3 Å². The Morgan fingerprint density at radius 1 is 0.935 bits per heavy atom. The Morgan fingerprint density at radius 3 is 2.29 bits per heavy atom. The quantitative estimate of drug-likeness (QED) is 0.345. The first kappa shape index (κ1) is 20.3. The molecule has 0 bridgehead atoms. The number of nitrogens with zero attached hydrogens (tertiary/aromatic N) is 1. The minimum atomic E-state index is -0.505. The van der Waals surface area contributed by atoms with Crippen LogP contribution >= 0.6 is 0 Å². The van der Waals surface area contributed by atoms with Crippen molar-refractivity contribution in [3.05, 3.63) is 89.7 Å². The van der Waals surface area contributed by atoms with E-state index in [9.17, 15) is 18.8 Å². The molecule has 4 rings (SSSR count). The number of benzene rings is 3. The van der Waals surface area contributed by atoms with Gasteiger partial charge in [0.15, 0.2) is 12.4 Å². The highest BCUT2D eigenvalue weighted by atomic mass is 19.1. The first-order chi connectivity index (χ1) is 15.0. The highest BCUT2D eigenvalue weighted by molar-refractivity contribution is 6.09. The smallest absolute Gasteiger partial charge is 0.312 e. The van der Waals surface area contributed by atoms with E-state index in [1.807, 2.05) is 6.07 Å². The number of amides is 1. The molecule has 156 valence electrons. The number of ketones is 1. The number of anilines is 1. The third-order valence-electron chi connectivity index (χ3n) is 4.80. The van der Waals surface area contributed by atoms with Crippen LogP contribution in [0.2, 0.25) is 0 Å². The second kappa shape index (κ2) is 8.79. The van der Waals surface area contributed by atoms with Crippen molar-refractivity contribution in [3.63, 3.8) is 0 Å². The van der Waals surface area contributed by atoms with Crippen molar-refractivity contribution in [3.8, 4) is 11.5 Å². The molecule has 0 spiro atoms. The SMILES string of the molecule is O=C(CCN1C(=O)COc2ccccc21)Oc1ccc(C(=O)c2ccc(F)cc2)cc1. The molecule has 0 aliphatic carbocycles. The monoisotopic (exact) mass is 419 g/mol. The van der Waals surface area contributed by atoms with Gasteiger partial charge in [0.2, 0.25) is 0 Å². The minimum Gasteiger partial charge on any atom is -0.482 e. The Balaban J connectivity index is 1.35. The van der Waals surface area contributed by atoms with Gasteiger partial charge in [0, 0.05) is 17.7 Å². The maximum absolute atomic E-state index is 13.0. The summed E-state index contributed by atoms with van der Waals surface area (Å²) in [6.45, 7) is 0.0920. The lowest BCUT2D eigenvalue weighted by Gasteiger charge is -2.28. The molecule has 1 heterocycles. The Hall–Kier alpha value is -4.00. The van der Waals surface area contributed by atoms with E-state index in [4.69, 9.17) is 9.47 Å². The van der Waals surface area contributed by atoms with Gasteiger partial charge in [0.05, 0.1) is 12.1 Å². The van der Waals surface area contributed by atoms with Crippen molar-refractivity contribution in [2.75, 3.05) is 18.1 Å². The van der Waals surface area contributed by atoms with Gasteiger partial charge in [-0.05, 0) is 60.7 Å². The lowest BCUT2D eigenvalue weighted by Crippen LogP contribution is -2.40. The predicted octanol–water partition coefficient (Wildman–Crippen LogP) is 3.78. The third-order valence-corrected chi connectivity index (χ3v) is 4.80. The molecule has 6 nitrogen and oxygen atoms in total. The van der Waals surface area contributed by atoms with Crippen LogP contribution in [0.5, 0.6) is 11.5 Å². The zero-order valence-electron chi connectivity index (χ0n) is 16.4. The molecular formula is C24H18FNO5. The van der Waals surface area contributed by atoms with Crippen LogP contribution in [0.4, 0.5) is 10.1 Å². The molecule has 1 aliphatic rings. The number of para-hydroxylation sites is 2. The van der Waals surface area contributed by atoms with Gasteiger partial charge in [0.25, 0.3) is 5.91 Å². The van der Waals surface area contributed by atoms with Crippen LogP contribution in [-0.2, 0) is 9.59 Å². The van der Waals surface area contributed by atoms with Crippen LogP contribution in [0.25, 0.3) is 0 Å². The summed E-state index contributed by atoms with van der Waals surface area (Å²) in [5, 5.41) is 0. The lowest BCUT2D eigenvalue weighted by molar-refractivity contribution is -0.134. The molecule has 7 heteroatoms. The highest BCUT2D eigenvalue weighted by Gasteiger charge is 2.25. The molecule has 0 aromatic heterocycles. The van der Waals surface area contributed by atoms with Crippen LogP contribution < -0.4 is 14.4 Å². The van der Waals surface area contributed by atoms with Crippen molar-refractivity contribution < 1.29 is 28.2 Å². The largest absolute Gasteiger partial charge is 0.482 e. The van der Waals surface area contributed by atoms with Crippen LogP contribution in [0.3, 0.4) is 0 Å². The normalized spacial score (nSPS) is 12.7. The molecule has 1 aliphatic heterocycles. The number of ether oxygens (including phenoxy) is 2. The molecule has 0 unspecified atom stereocenters. The summed E-state index contributed by atoms with van der Waals surface area (Å²) in [6.07, 6.45) is -0.00364. The number of hydrogen-bond acceptors (Lipinski definition) is 5. The van der Waals surface area contributed by atoms with Crippen LogP contribution in [0, 0.1) is 5.82 Å². The molecule has 3 aromatic rings. The Labute approximate surface area is 177 Å². The molecule has 3 aromatic carbocycles. The lowest BCUT2D eigenvalue weighted by atomic mass is 10.0. The van der Waals surface area contributed by atoms with E-state index >= 15 is 0 Å². The summed E-state index contributed by atoms with van der Waals surface area (Å²) < 4.78 is 23.7. The molecular weight excluding hydrogens is 401 g/mol. The van der Waals surface area contributed by atoms with Gasteiger partial charge in [-0.15, -0.1) is 0 Å². The number of hydrogen-bond donors (Lipinski definition) is 0.